The van der Waals surface area contributed by atoms with Crippen LogP contribution in [0.4, 0.5) is 0 Å². The van der Waals surface area contributed by atoms with Gasteiger partial charge in [-0.3, -0.25) is 9.59 Å². The Morgan fingerprint density at radius 1 is 0.872 bits per heavy atom. The molecule has 0 spiro atoms. The van der Waals surface area contributed by atoms with Crippen LogP contribution in [0.15, 0.2) is 35.4 Å². The average molecular weight is 643 g/mol. The number of hydrogen-bond acceptors (Lipinski definition) is 6. The number of fused-ring (bicyclic) bond motifs is 6. The van der Waals surface area contributed by atoms with Crippen molar-refractivity contribution in [3.63, 3.8) is 0 Å². The van der Waals surface area contributed by atoms with Crippen molar-refractivity contribution >= 4 is 11.8 Å². The maximum absolute atomic E-state index is 13.5. The molecule has 0 aromatic heterocycles. The van der Waals surface area contributed by atoms with Crippen molar-refractivity contribution in [3.8, 4) is 23.0 Å². The third-order valence-corrected chi connectivity index (χ3v) is 10.4. The van der Waals surface area contributed by atoms with E-state index >= 15 is 0 Å². The van der Waals surface area contributed by atoms with Gasteiger partial charge in [0.05, 0.1) is 30.3 Å². The smallest absolute Gasteiger partial charge is 0.254 e. The van der Waals surface area contributed by atoms with Gasteiger partial charge < -0.3 is 29.5 Å². The lowest BCUT2D eigenvalue weighted by Gasteiger charge is -2.37. The van der Waals surface area contributed by atoms with Gasteiger partial charge in [0, 0.05) is 35.3 Å². The molecule has 1 unspecified atom stereocenters. The highest BCUT2D eigenvalue weighted by Gasteiger charge is 2.39. The van der Waals surface area contributed by atoms with Crippen molar-refractivity contribution in [3.05, 3.63) is 68.8 Å². The second kappa shape index (κ2) is 13.3. The lowest BCUT2D eigenvalue weighted by atomic mass is 9.86. The van der Waals surface area contributed by atoms with Gasteiger partial charge in [-0.25, -0.2) is 0 Å². The highest BCUT2D eigenvalue weighted by atomic mass is 16.5. The number of carbonyl (C=O) groups is 2. The molecule has 2 atom stereocenters. The number of hydrogen-bond donors (Lipinski definition) is 2. The Morgan fingerprint density at radius 2 is 1.47 bits per heavy atom. The Bertz CT molecular complexity index is 1640. The number of nitrogens with zero attached hydrogens (tertiary/aromatic N) is 2. The number of amides is 2. The van der Waals surface area contributed by atoms with Crippen molar-refractivity contribution in [2.24, 2.45) is 0 Å². The molecule has 0 aliphatic carbocycles. The molecule has 47 heavy (non-hydrogen) atoms. The zero-order chi connectivity index (χ0) is 33.5. The summed E-state index contributed by atoms with van der Waals surface area (Å²) in [5.41, 5.74) is 6.81. The summed E-state index contributed by atoms with van der Waals surface area (Å²) in [4.78, 5) is 30.3. The summed E-state index contributed by atoms with van der Waals surface area (Å²) in [6, 6.07) is 3.23. The van der Waals surface area contributed by atoms with Gasteiger partial charge in [-0.05, 0) is 111 Å². The average Bonchev–Trinajstić information content (AvgIpc) is 3.50. The van der Waals surface area contributed by atoms with Crippen molar-refractivity contribution < 1.29 is 29.3 Å². The normalized spacial score (nSPS) is 21.6. The molecule has 2 aromatic carbocycles. The molecule has 8 nitrogen and oxygen atoms in total. The minimum Gasteiger partial charge on any atom is -0.508 e. The maximum Gasteiger partial charge on any atom is 0.254 e. The van der Waals surface area contributed by atoms with Crippen LogP contribution >= 0.6 is 0 Å². The molecule has 2 amide bonds. The molecule has 2 aromatic rings. The summed E-state index contributed by atoms with van der Waals surface area (Å²) in [5, 5.41) is 21.4. The van der Waals surface area contributed by atoms with Gasteiger partial charge >= 0.3 is 0 Å². The Morgan fingerprint density at radius 3 is 2.09 bits per heavy atom. The van der Waals surface area contributed by atoms with Crippen LogP contribution in [0.25, 0.3) is 0 Å². The highest BCUT2D eigenvalue weighted by Crippen LogP contribution is 2.46. The molecule has 252 valence electrons. The van der Waals surface area contributed by atoms with Gasteiger partial charge in [-0.2, -0.15) is 0 Å². The number of aromatic hydroxyl groups is 2. The minimum absolute atomic E-state index is 0.0559. The summed E-state index contributed by atoms with van der Waals surface area (Å²) in [7, 11) is 0. The number of phenols is 2. The SMILES string of the molecule is CC(C)=CCC/C(C)=C/CC[C@@]1(C)CCc2c(O)cc3c(c2O1)CN(CCCCN1Cc2c(cc(O)c4c2OC(C)CC4)C1=O)C3=O. The second-order valence-corrected chi connectivity index (χ2v) is 14.5. The standard InChI is InChI=1S/C39H50N2O6/c1-24(2)10-8-11-25(3)12-9-16-39(5)17-15-28-34(43)21-30-32(36(28)47-39)23-41(38(30)45)19-7-6-18-40-22-31-29(37(40)44)20-33(42)27-14-13-26(4)46-35(27)31/h10,12,20-21,26,42-43H,6-9,11,13-19,22-23H2,1-5H3/b25-12+/t26?,39-/m0/s1. The molecule has 0 fully saturated rings. The van der Waals surface area contributed by atoms with Crippen LogP contribution in [0.3, 0.4) is 0 Å². The summed E-state index contributed by atoms with van der Waals surface area (Å²) in [6.45, 7) is 12.7. The van der Waals surface area contributed by atoms with Gasteiger partial charge in [0.1, 0.15) is 28.6 Å². The molecule has 4 aliphatic heterocycles. The van der Waals surface area contributed by atoms with E-state index in [4.69, 9.17) is 9.47 Å². The first-order chi connectivity index (χ1) is 22.4. The summed E-state index contributed by atoms with van der Waals surface area (Å²) in [6.07, 6.45) is 13.2. The van der Waals surface area contributed by atoms with Crippen LogP contribution in [0.2, 0.25) is 0 Å². The van der Waals surface area contributed by atoms with Gasteiger partial charge in [-0.15, -0.1) is 0 Å². The fourth-order valence-electron chi connectivity index (χ4n) is 7.53. The van der Waals surface area contributed by atoms with E-state index in [-0.39, 0.29) is 35.0 Å². The van der Waals surface area contributed by atoms with E-state index in [1.807, 2.05) is 16.7 Å². The zero-order valence-electron chi connectivity index (χ0n) is 28.7. The molecule has 8 heteroatoms. The van der Waals surface area contributed by atoms with Crippen LogP contribution in [0, 0.1) is 0 Å². The highest BCUT2D eigenvalue weighted by molar-refractivity contribution is 6.00. The Hall–Kier alpha value is -3.94. The van der Waals surface area contributed by atoms with Gasteiger partial charge in [0.15, 0.2) is 0 Å². The molecule has 0 radical (unpaired) electrons. The Labute approximate surface area is 279 Å². The van der Waals surface area contributed by atoms with E-state index in [0.29, 0.717) is 48.8 Å². The van der Waals surface area contributed by atoms with Crippen LogP contribution in [0.5, 0.6) is 23.0 Å². The fraction of sp³-hybridized carbons (Fsp3) is 0.538. The number of ether oxygens (including phenoxy) is 2. The van der Waals surface area contributed by atoms with Gasteiger partial charge in [-0.1, -0.05) is 23.3 Å². The number of benzene rings is 2. The lowest BCUT2D eigenvalue weighted by molar-refractivity contribution is 0.0547. The molecular formula is C39H50N2O6. The van der Waals surface area contributed by atoms with E-state index in [0.717, 1.165) is 86.5 Å². The van der Waals surface area contributed by atoms with Crippen LogP contribution < -0.4 is 9.47 Å². The van der Waals surface area contributed by atoms with E-state index in [1.165, 1.54) is 11.1 Å². The number of rotatable bonds is 11. The molecular weight excluding hydrogens is 592 g/mol. The Kier molecular flexibility index (Phi) is 9.32. The number of phenolic OH excluding ortho intramolecular Hbond substituents is 2. The zero-order valence-corrected chi connectivity index (χ0v) is 28.7. The van der Waals surface area contributed by atoms with Crippen LogP contribution in [-0.4, -0.2) is 56.6 Å². The predicted octanol–water partition coefficient (Wildman–Crippen LogP) is 7.76. The van der Waals surface area contributed by atoms with E-state index in [9.17, 15) is 19.8 Å². The van der Waals surface area contributed by atoms with E-state index in [1.54, 1.807) is 12.1 Å². The third-order valence-electron chi connectivity index (χ3n) is 10.4. The topological polar surface area (TPSA) is 99.5 Å². The quantitative estimate of drug-likeness (QED) is 0.192. The molecule has 6 rings (SSSR count). The molecule has 4 heterocycles. The minimum atomic E-state index is -0.360. The first-order valence-corrected chi connectivity index (χ1v) is 17.4. The number of carbonyl (C=O) groups excluding carboxylic acids is 2. The van der Waals surface area contributed by atoms with Crippen molar-refractivity contribution in [1.82, 2.24) is 9.80 Å². The van der Waals surface area contributed by atoms with Crippen molar-refractivity contribution in [2.45, 2.75) is 124 Å². The lowest BCUT2D eigenvalue weighted by Crippen LogP contribution is -2.36. The van der Waals surface area contributed by atoms with Crippen molar-refractivity contribution in [1.29, 1.82) is 0 Å². The Balaban J connectivity index is 1.05. The molecule has 4 aliphatic rings. The number of allylic oxidation sites excluding steroid dienone is 4. The predicted molar refractivity (Wildman–Crippen MR) is 182 cm³/mol. The summed E-state index contributed by atoms with van der Waals surface area (Å²) in [5.74, 6) is 1.50. The fourth-order valence-corrected chi connectivity index (χ4v) is 7.53. The van der Waals surface area contributed by atoms with Crippen LogP contribution in [-0.2, 0) is 25.9 Å². The van der Waals surface area contributed by atoms with Crippen LogP contribution in [0.1, 0.15) is 129 Å². The maximum atomic E-state index is 13.5. The first-order valence-electron chi connectivity index (χ1n) is 17.4. The summed E-state index contributed by atoms with van der Waals surface area (Å²) >= 11 is 0. The second-order valence-electron chi connectivity index (χ2n) is 14.5. The molecule has 0 saturated heterocycles. The third kappa shape index (κ3) is 6.74. The van der Waals surface area contributed by atoms with Crippen molar-refractivity contribution in [2.75, 3.05) is 13.1 Å². The summed E-state index contributed by atoms with van der Waals surface area (Å²) < 4.78 is 12.8. The largest absolute Gasteiger partial charge is 0.508 e. The molecule has 0 bridgehead atoms. The molecule has 2 N–H and O–H groups in total. The van der Waals surface area contributed by atoms with Gasteiger partial charge in [0.25, 0.3) is 11.8 Å². The number of unbranched alkanes of at least 4 members (excludes halogenated alkanes) is 1. The van der Waals surface area contributed by atoms with E-state index < -0.39 is 0 Å². The van der Waals surface area contributed by atoms with Gasteiger partial charge in [0.2, 0.25) is 0 Å². The first kappa shape index (κ1) is 33.0. The van der Waals surface area contributed by atoms with E-state index in [2.05, 4.69) is 39.8 Å². The monoisotopic (exact) mass is 642 g/mol. The molecule has 0 saturated carbocycles.